The third-order valence-corrected chi connectivity index (χ3v) is 7.72. The highest BCUT2D eigenvalue weighted by atomic mass is 35.5. The molecule has 0 aliphatic carbocycles. The molecule has 1 aromatic carbocycles. The average Bonchev–Trinajstić information content (AvgIpc) is 2.90. The van der Waals surface area contributed by atoms with Crippen molar-refractivity contribution in [1.29, 1.82) is 4.78 Å². The van der Waals surface area contributed by atoms with Crippen molar-refractivity contribution in [2.75, 3.05) is 18.6 Å². The maximum absolute atomic E-state index is 12.2. The van der Waals surface area contributed by atoms with Crippen LogP contribution in [0.5, 0.6) is 0 Å². The zero-order valence-corrected chi connectivity index (χ0v) is 15.8. The van der Waals surface area contributed by atoms with Crippen LogP contribution in [0.3, 0.4) is 0 Å². The van der Waals surface area contributed by atoms with Gasteiger partial charge in [0.15, 0.2) is 4.21 Å². The zero-order chi connectivity index (χ0) is 17.7. The molecule has 0 saturated carbocycles. The van der Waals surface area contributed by atoms with E-state index in [1.807, 2.05) is 0 Å². The Morgan fingerprint density at radius 2 is 2.04 bits per heavy atom. The molecule has 1 aliphatic heterocycles. The fourth-order valence-corrected chi connectivity index (χ4v) is 5.69. The fourth-order valence-electron chi connectivity index (χ4n) is 2.23. The highest BCUT2D eigenvalue weighted by Crippen LogP contribution is 2.43. The number of halogens is 1. The van der Waals surface area contributed by atoms with Crippen molar-refractivity contribution >= 4 is 54.3 Å². The van der Waals surface area contributed by atoms with E-state index in [0.29, 0.717) is 26.7 Å². The second-order valence-corrected chi connectivity index (χ2v) is 10.4. The molecule has 0 spiro atoms. The quantitative estimate of drug-likeness (QED) is 0.714. The van der Waals surface area contributed by atoms with Gasteiger partial charge in [-0.05, 0) is 12.1 Å². The molecule has 0 saturated heterocycles. The van der Waals surface area contributed by atoms with Crippen molar-refractivity contribution in [3.63, 3.8) is 0 Å². The summed E-state index contributed by atoms with van der Waals surface area (Å²) in [5.41, 5.74) is 1.59. The van der Waals surface area contributed by atoms with Gasteiger partial charge in [-0.1, -0.05) is 17.7 Å². The number of guanidine groups is 1. The number of rotatable bonds is 2. The average molecular weight is 405 g/mol. The van der Waals surface area contributed by atoms with Gasteiger partial charge in [-0.3, -0.25) is 4.99 Å². The molecule has 24 heavy (non-hydrogen) atoms. The van der Waals surface area contributed by atoms with Gasteiger partial charge in [0.1, 0.15) is 0 Å². The Kier molecular flexibility index (Phi) is 4.11. The Hall–Kier alpha value is -1.62. The highest BCUT2D eigenvalue weighted by Gasteiger charge is 2.31. The first kappa shape index (κ1) is 17.2. The van der Waals surface area contributed by atoms with Crippen LogP contribution in [0.2, 0.25) is 5.02 Å². The molecule has 3 N–H and O–H groups in total. The third-order valence-electron chi connectivity index (χ3n) is 3.38. The number of fused-ring (bicyclic) bond motifs is 1. The monoisotopic (exact) mass is 404 g/mol. The van der Waals surface area contributed by atoms with Crippen LogP contribution in [0, 0.1) is 4.78 Å². The van der Waals surface area contributed by atoms with Crippen molar-refractivity contribution in [1.82, 2.24) is 4.72 Å². The second-order valence-electron chi connectivity index (χ2n) is 5.10. The van der Waals surface area contributed by atoms with Gasteiger partial charge in [-0.15, -0.1) is 11.3 Å². The molecule has 1 unspecified atom stereocenters. The summed E-state index contributed by atoms with van der Waals surface area (Å²) in [7, 11) is -5.09. The van der Waals surface area contributed by atoms with Crippen LogP contribution in [0.1, 0.15) is 0 Å². The van der Waals surface area contributed by atoms with Gasteiger partial charge in [-0.25, -0.2) is 22.1 Å². The normalized spacial score (nSPS) is 19.9. The molecule has 0 amide bonds. The summed E-state index contributed by atoms with van der Waals surface area (Å²) in [6, 6.07) is 4.67. The molecule has 11 heteroatoms. The van der Waals surface area contributed by atoms with E-state index in [1.165, 1.54) is 19.4 Å². The van der Waals surface area contributed by atoms with E-state index in [9.17, 15) is 12.6 Å². The van der Waals surface area contributed by atoms with Crippen LogP contribution in [0.4, 0.5) is 5.69 Å². The smallest absolute Gasteiger partial charge is 0.275 e. The summed E-state index contributed by atoms with van der Waals surface area (Å²) < 4.78 is 46.4. The molecule has 0 bridgehead atoms. The van der Waals surface area contributed by atoms with Crippen LogP contribution < -0.4 is 10.0 Å². The van der Waals surface area contributed by atoms with E-state index in [1.54, 1.807) is 17.5 Å². The summed E-state index contributed by atoms with van der Waals surface area (Å²) in [4.78, 5) is 4.17. The molecular formula is C13H13ClN4O3S3. The second kappa shape index (κ2) is 5.73. The molecule has 7 nitrogen and oxygen atoms in total. The first-order valence-electron chi connectivity index (χ1n) is 6.55. The maximum atomic E-state index is 12.2. The maximum Gasteiger partial charge on any atom is 0.275 e. The Balaban J connectivity index is 2.19. The van der Waals surface area contributed by atoms with Crippen molar-refractivity contribution in [2.24, 2.45) is 4.99 Å². The van der Waals surface area contributed by atoms with E-state index >= 15 is 0 Å². The predicted octanol–water partition coefficient (Wildman–Crippen LogP) is 2.79. The van der Waals surface area contributed by atoms with Gasteiger partial charge in [0, 0.05) is 39.7 Å². The van der Waals surface area contributed by atoms with Gasteiger partial charge < -0.3 is 5.32 Å². The number of benzene rings is 1. The molecule has 1 aromatic heterocycles. The molecule has 3 rings (SSSR count). The van der Waals surface area contributed by atoms with E-state index in [2.05, 4.69) is 15.0 Å². The lowest BCUT2D eigenvalue weighted by molar-refractivity contribution is 0.594. The largest absolute Gasteiger partial charge is 0.323 e. The molecule has 128 valence electrons. The van der Waals surface area contributed by atoms with E-state index < -0.39 is 19.8 Å². The van der Waals surface area contributed by atoms with Crippen LogP contribution in [-0.2, 0) is 19.8 Å². The highest BCUT2D eigenvalue weighted by molar-refractivity contribution is 7.92. The first-order valence-corrected chi connectivity index (χ1v) is 11.3. The third kappa shape index (κ3) is 2.90. The fraction of sp³-hybridized carbons (Fsp3) is 0.154. The zero-order valence-electron chi connectivity index (χ0n) is 12.6. The number of hydrogen-bond donors (Lipinski definition) is 3. The summed E-state index contributed by atoms with van der Waals surface area (Å²) >= 11 is 7.35. The standard InChI is InChI=1S/C13H13ClN4O3S3/c1-16-13-17-11-9(6-22-12(11)24(20,21)18-13)8-4-3-7(5-10(8)14)23(2,15)19/h3-6,15H,1-2H3,(H2,16,17,18). The summed E-state index contributed by atoms with van der Waals surface area (Å²) in [5, 5.41) is 4.91. The summed E-state index contributed by atoms with van der Waals surface area (Å²) in [6.45, 7) is 0. The number of hydrogen-bond acceptors (Lipinski definition) is 6. The van der Waals surface area contributed by atoms with Gasteiger partial charge in [-0.2, -0.15) is 0 Å². The van der Waals surface area contributed by atoms with Gasteiger partial charge >= 0.3 is 0 Å². The van der Waals surface area contributed by atoms with Crippen LogP contribution in [-0.4, -0.2) is 31.9 Å². The number of nitrogens with zero attached hydrogens (tertiary/aromatic N) is 1. The molecule has 1 aliphatic rings. The Morgan fingerprint density at radius 1 is 1.33 bits per heavy atom. The molecule has 2 aromatic rings. The Morgan fingerprint density at radius 3 is 2.62 bits per heavy atom. The van der Waals surface area contributed by atoms with Crippen LogP contribution in [0.25, 0.3) is 11.1 Å². The van der Waals surface area contributed by atoms with E-state index in [0.717, 1.165) is 11.3 Å². The summed E-state index contributed by atoms with van der Waals surface area (Å²) in [6.07, 6.45) is 1.31. The molecule has 1 atom stereocenters. The van der Waals surface area contributed by atoms with Crippen LogP contribution >= 0.6 is 22.9 Å². The summed E-state index contributed by atoms with van der Waals surface area (Å²) in [5.74, 6) is 0.123. The minimum Gasteiger partial charge on any atom is -0.323 e. The predicted molar refractivity (Wildman–Crippen MR) is 97.1 cm³/mol. The Labute approximate surface area is 148 Å². The molecule has 0 radical (unpaired) electrons. The number of sulfonamides is 1. The van der Waals surface area contributed by atoms with E-state index in [4.69, 9.17) is 16.4 Å². The number of thiophene rings is 1. The van der Waals surface area contributed by atoms with E-state index in [-0.39, 0.29) is 10.2 Å². The van der Waals surface area contributed by atoms with Gasteiger partial charge in [0.05, 0.1) is 15.4 Å². The molecular weight excluding hydrogens is 392 g/mol. The molecule has 0 fully saturated rings. The SMILES string of the molecule is CN=C1Nc2c(-c3ccc(S(C)(=N)=O)cc3Cl)csc2S(=O)(=O)N1. The topological polar surface area (TPSA) is 111 Å². The number of aliphatic imine (C=N–C) groups is 1. The van der Waals surface area contributed by atoms with Crippen molar-refractivity contribution in [2.45, 2.75) is 9.10 Å². The minimum absolute atomic E-state index is 0.123. The lowest BCUT2D eigenvalue weighted by Gasteiger charge is -2.19. The van der Waals surface area contributed by atoms with Gasteiger partial charge in [0.2, 0.25) is 5.96 Å². The van der Waals surface area contributed by atoms with Gasteiger partial charge in [0.25, 0.3) is 10.0 Å². The number of anilines is 1. The number of nitrogens with one attached hydrogen (secondary N) is 3. The van der Waals surface area contributed by atoms with Crippen molar-refractivity contribution in [3.8, 4) is 11.1 Å². The molecule has 2 heterocycles. The Bertz CT molecular complexity index is 1070. The first-order chi connectivity index (χ1) is 11.1. The lowest BCUT2D eigenvalue weighted by atomic mass is 10.1. The van der Waals surface area contributed by atoms with Crippen LogP contribution in [0.15, 0.2) is 37.7 Å². The lowest BCUT2D eigenvalue weighted by Crippen LogP contribution is -2.39. The van der Waals surface area contributed by atoms with Crippen molar-refractivity contribution in [3.05, 3.63) is 28.6 Å². The van der Waals surface area contributed by atoms with Crippen molar-refractivity contribution < 1.29 is 12.6 Å². The minimum atomic E-state index is -3.68.